The molecule has 5 nitrogen and oxygen atoms in total. The van der Waals surface area contributed by atoms with Gasteiger partial charge < -0.3 is 15.0 Å². The molecule has 2 atom stereocenters. The van der Waals surface area contributed by atoms with Gasteiger partial charge in [-0.05, 0) is 24.5 Å². The van der Waals surface area contributed by atoms with E-state index in [1.807, 2.05) is 61.5 Å². The summed E-state index contributed by atoms with van der Waals surface area (Å²) in [5.74, 6) is -0.310. The van der Waals surface area contributed by atoms with Crippen molar-refractivity contribution in [1.82, 2.24) is 10.2 Å². The molecule has 2 amide bonds. The van der Waals surface area contributed by atoms with Crippen molar-refractivity contribution in [3.63, 3.8) is 0 Å². The van der Waals surface area contributed by atoms with Gasteiger partial charge in [0.1, 0.15) is 6.61 Å². The van der Waals surface area contributed by atoms with E-state index in [-0.39, 0.29) is 18.4 Å². The molecule has 0 spiro atoms. The van der Waals surface area contributed by atoms with E-state index in [0.717, 1.165) is 17.5 Å². The number of benzene rings is 2. The van der Waals surface area contributed by atoms with Crippen LogP contribution >= 0.6 is 0 Å². The molecule has 1 N–H and O–H groups in total. The molecule has 2 aromatic rings. The van der Waals surface area contributed by atoms with Crippen LogP contribution in [0.15, 0.2) is 54.6 Å². The highest BCUT2D eigenvalue weighted by Gasteiger charge is 2.39. The van der Waals surface area contributed by atoms with Gasteiger partial charge in [-0.1, -0.05) is 60.2 Å². The van der Waals surface area contributed by atoms with Gasteiger partial charge in [0.05, 0.1) is 6.04 Å². The molecule has 5 heteroatoms. The Hall–Kier alpha value is -2.66. The lowest BCUT2D eigenvalue weighted by atomic mass is 9.96. The maximum atomic E-state index is 12.7. The van der Waals surface area contributed by atoms with E-state index >= 15 is 0 Å². The smallest absolute Gasteiger partial charge is 0.251 e. The first-order valence-electron chi connectivity index (χ1n) is 8.82. The quantitative estimate of drug-likeness (QED) is 0.898. The van der Waals surface area contributed by atoms with Crippen molar-refractivity contribution in [2.75, 3.05) is 20.2 Å². The van der Waals surface area contributed by atoms with Gasteiger partial charge in [-0.15, -0.1) is 0 Å². The summed E-state index contributed by atoms with van der Waals surface area (Å²) < 4.78 is 5.62. The van der Waals surface area contributed by atoms with Crippen LogP contribution in [0.3, 0.4) is 0 Å². The Balaban J connectivity index is 1.69. The monoisotopic (exact) mass is 352 g/mol. The Bertz CT molecular complexity index is 759. The SMILES string of the molecule is Cc1ccc([C@H]2[C@@H](C(=O)NCCc3ccccc3)OCC(=O)N2C)cc1. The minimum atomic E-state index is -0.712. The van der Waals surface area contributed by atoms with Gasteiger partial charge in [0.15, 0.2) is 6.10 Å². The topological polar surface area (TPSA) is 58.6 Å². The van der Waals surface area contributed by atoms with Gasteiger partial charge in [-0.2, -0.15) is 0 Å². The second-order valence-electron chi connectivity index (χ2n) is 6.62. The van der Waals surface area contributed by atoms with Crippen molar-refractivity contribution in [3.05, 3.63) is 71.3 Å². The molecule has 1 aliphatic rings. The number of nitrogens with zero attached hydrogens (tertiary/aromatic N) is 1. The average Bonchev–Trinajstić information content (AvgIpc) is 2.65. The number of nitrogens with one attached hydrogen (secondary N) is 1. The summed E-state index contributed by atoms with van der Waals surface area (Å²) in [6, 6.07) is 17.4. The molecule has 136 valence electrons. The molecule has 2 aromatic carbocycles. The maximum absolute atomic E-state index is 12.7. The van der Waals surface area contributed by atoms with Crippen LogP contribution in [0.2, 0.25) is 0 Å². The average molecular weight is 352 g/mol. The summed E-state index contributed by atoms with van der Waals surface area (Å²) in [6.45, 7) is 2.46. The van der Waals surface area contributed by atoms with Crippen LogP contribution in [0, 0.1) is 6.92 Å². The molecule has 1 fully saturated rings. The number of ether oxygens (including phenoxy) is 1. The summed E-state index contributed by atoms with van der Waals surface area (Å²) in [5, 5.41) is 2.95. The fourth-order valence-electron chi connectivity index (χ4n) is 3.17. The second kappa shape index (κ2) is 8.15. The molecule has 1 heterocycles. The predicted octanol–water partition coefficient (Wildman–Crippen LogP) is 2.25. The van der Waals surface area contributed by atoms with Gasteiger partial charge in [0.2, 0.25) is 5.91 Å². The van der Waals surface area contributed by atoms with E-state index in [4.69, 9.17) is 4.74 Å². The molecule has 26 heavy (non-hydrogen) atoms. The van der Waals surface area contributed by atoms with Crippen LogP contribution in [0.25, 0.3) is 0 Å². The summed E-state index contributed by atoms with van der Waals surface area (Å²) >= 11 is 0. The van der Waals surface area contributed by atoms with Crippen LogP contribution in [0.1, 0.15) is 22.7 Å². The van der Waals surface area contributed by atoms with Crippen molar-refractivity contribution in [1.29, 1.82) is 0 Å². The van der Waals surface area contributed by atoms with Crippen molar-refractivity contribution < 1.29 is 14.3 Å². The third kappa shape index (κ3) is 4.11. The van der Waals surface area contributed by atoms with Crippen LogP contribution in [-0.2, 0) is 20.7 Å². The number of carbonyl (C=O) groups excluding carboxylic acids is 2. The fourth-order valence-corrected chi connectivity index (χ4v) is 3.17. The van der Waals surface area contributed by atoms with Crippen molar-refractivity contribution in [2.45, 2.75) is 25.5 Å². The molecule has 3 rings (SSSR count). The largest absolute Gasteiger partial charge is 0.356 e. The second-order valence-corrected chi connectivity index (χ2v) is 6.62. The summed E-state index contributed by atoms with van der Waals surface area (Å²) in [6.07, 6.45) is 0.0414. The molecule has 0 aliphatic carbocycles. The first kappa shape index (κ1) is 18.1. The van der Waals surface area contributed by atoms with Gasteiger partial charge in [0.25, 0.3) is 5.91 Å². The normalized spacial score (nSPS) is 20.1. The summed E-state index contributed by atoms with van der Waals surface area (Å²) in [5.41, 5.74) is 3.19. The van der Waals surface area contributed by atoms with Crippen LogP contribution < -0.4 is 5.32 Å². The Kier molecular flexibility index (Phi) is 5.68. The lowest BCUT2D eigenvalue weighted by molar-refractivity contribution is -0.162. The highest BCUT2D eigenvalue weighted by molar-refractivity contribution is 5.86. The summed E-state index contributed by atoms with van der Waals surface area (Å²) in [4.78, 5) is 26.4. The number of morpholine rings is 1. The number of hydrogen-bond acceptors (Lipinski definition) is 3. The zero-order valence-electron chi connectivity index (χ0n) is 15.1. The molecular formula is C21H24N2O3. The maximum Gasteiger partial charge on any atom is 0.251 e. The van der Waals surface area contributed by atoms with Gasteiger partial charge in [-0.3, -0.25) is 9.59 Å². The van der Waals surface area contributed by atoms with Crippen LogP contribution in [0.4, 0.5) is 0 Å². The van der Waals surface area contributed by atoms with Crippen molar-refractivity contribution in [2.24, 2.45) is 0 Å². The third-order valence-corrected chi connectivity index (χ3v) is 4.72. The molecule has 0 bridgehead atoms. The van der Waals surface area contributed by atoms with E-state index in [1.165, 1.54) is 5.56 Å². The van der Waals surface area contributed by atoms with Gasteiger partial charge in [-0.25, -0.2) is 0 Å². The van der Waals surface area contributed by atoms with Gasteiger partial charge in [0, 0.05) is 13.6 Å². The fraction of sp³-hybridized carbons (Fsp3) is 0.333. The minimum Gasteiger partial charge on any atom is -0.356 e. The zero-order valence-corrected chi connectivity index (χ0v) is 15.1. The lowest BCUT2D eigenvalue weighted by Gasteiger charge is -2.38. The Labute approximate surface area is 154 Å². The van der Waals surface area contributed by atoms with Crippen LogP contribution in [-0.4, -0.2) is 43.0 Å². The van der Waals surface area contributed by atoms with E-state index in [9.17, 15) is 9.59 Å². The first-order valence-corrected chi connectivity index (χ1v) is 8.82. The molecule has 0 saturated carbocycles. The van der Waals surface area contributed by atoms with Gasteiger partial charge >= 0.3 is 0 Å². The van der Waals surface area contributed by atoms with E-state index in [2.05, 4.69) is 5.32 Å². The van der Waals surface area contributed by atoms with Crippen molar-refractivity contribution >= 4 is 11.8 Å². The molecule has 0 aromatic heterocycles. The molecule has 0 radical (unpaired) electrons. The Morgan fingerprint density at radius 2 is 1.85 bits per heavy atom. The van der Waals surface area contributed by atoms with E-state index in [0.29, 0.717) is 6.54 Å². The van der Waals surface area contributed by atoms with E-state index < -0.39 is 12.1 Å². The standard InChI is InChI=1S/C21H24N2O3/c1-15-8-10-17(11-9-15)19-20(26-14-18(24)23(19)2)21(25)22-13-12-16-6-4-3-5-7-16/h3-11,19-20H,12-14H2,1-2H3,(H,22,25)/t19-,20-/m0/s1. The lowest BCUT2D eigenvalue weighted by Crippen LogP contribution is -2.53. The number of aryl methyl sites for hydroxylation is 1. The molecule has 1 aliphatic heterocycles. The predicted molar refractivity (Wildman–Crippen MR) is 99.6 cm³/mol. The van der Waals surface area contributed by atoms with Crippen molar-refractivity contribution in [3.8, 4) is 0 Å². The zero-order chi connectivity index (χ0) is 18.5. The van der Waals surface area contributed by atoms with E-state index in [1.54, 1.807) is 11.9 Å². The minimum absolute atomic E-state index is 0.0738. The number of rotatable bonds is 5. The summed E-state index contributed by atoms with van der Waals surface area (Å²) in [7, 11) is 1.72. The Morgan fingerprint density at radius 1 is 1.15 bits per heavy atom. The van der Waals surface area contributed by atoms with Crippen LogP contribution in [0.5, 0.6) is 0 Å². The Morgan fingerprint density at radius 3 is 2.54 bits per heavy atom. The number of carbonyl (C=O) groups is 2. The highest BCUT2D eigenvalue weighted by Crippen LogP contribution is 2.29. The number of likely N-dealkylation sites (N-methyl/N-ethyl adjacent to an activating group) is 1. The number of amides is 2. The molecule has 1 saturated heterocycles. The third-order valence-electron chi connectivity index (χ3n) is 4.72. The number of hydrogen-bond donors (Lipinski definition) is 1. The highest BCUT2D eigenvalue weighted by atomic mass is 16.5. The first-order chi connectivity index (χ1) is 12.6. The molecular weight excluding hydrogens is 328 g/mol. The molecule has 0 unspecified atom stereocenters.